The van der Waals surface area contributed by atoms with Gasteiger partial charge in [-0.3, -0.25) is 9.10 Å². The Morgan fingerprint density at radius 3 is 2.57 bits per heavy atom. The van der Waals surface area contributed by atoms with Crippen LogP contribution in [0.3, 0.4) is 0 Å². The Balaban J connectivity index is 1.99. The quantitative estimate of drug-likeness (QED) is 0.397. The van der Waals surface area contributed by atoms with Crippen LogP contribution in [0.15, 0.2) is 66.3 Å². The van der Waals surface area contributed by atoms with Crippen molar-refractivity contribution in [3.05, 3.63) is 72.3 Å². The van der Waals surface area contributed by atoms with Crippen molar-refractivity contribution in [2.24, 2.45) is 5.10 Å². The average molecular weight is 401 g/mol. The molecule has 0 fully saturated rings. The molecule has 0 heterocycles. The van der Waals surface area contributed by atoms with Gasteiger partial charge in [0.15, 0.2) is 0 Å². The van der Waals surface area contributed by atoms with Crippen LogP contribution < -0.4 is 14.5 Å². The van der Waals surface area contributed by atoms with Gasteiger partial charge in [-0.25, -0.2) is 13.8 Å². The summed E-state index contributed by atoms with van der Waals surface area (Å²) in [4.78, 5) is 12.2. The Hall–Kier alpha value is -3.13. The summed E-state index contributed by atoms with van der Waals surface area (Å²) in [5.74, 6) is 0.150. The van der Waals surface area contributed by atoms with E-state index in [1.54, 1.807) is 48.5 Å². The highest BCUT2D eigenvalue weighted by molar-refractivity contribution is 7.92. The van der Waals surface area contributed by atoms with Gasteiger partial charge in [0.1, 0.15) is 18.9 Å². The van der Waals surface area contributed by atoms with E-state index in [1.165, 1.54) is 6.21 Å². The highest BCUT2D eigenvalue weighted by atomic mass is 32.2. The fourth-order valence-corrected chi connectivity index (χ4v) is 3.18. The van der Waals surface area contributed by atoms with Crippen molar-refractivity contribution in [3.8, 4) is 5.75 Å². The number of anilines is 1. The van der Waals surface area contributed by atoms with Crippen molar-refractivity contribution in [2.45, 2.75) is 6.92 Å². The van der Waals surface area contributed by atoms with Crippen LogP contribution >= 0.6 is 0 Å². The number of benzene rings is 2. The molecular weight excluding hydrogens is 378 g/mol. The Morgan fingerprint density at radius 2 is 1.96 bits per heavy atom. The Bertz CT molecular complexity index is 954. The van der Waals surface area contributed by atoms with Crippen LogP contribution in [0.5, 0.6) is 5.75 Å². The topological polar surface area (TPSA) is 88.1 Å². The molecule has 0 aliphatic rings. The molecule has 8 heteroatoms. The van der Waals surface area contributed by atoms with Crippen molar-refractivity contribution >= 4 is 27.8 Å². The molecule has 2 aromatic rings. The van der Waals surface area contributed by atoms with Gasteiger partial charge >= 0.3 is 0 Å². The van der Waals surface area contributed by atoms with Crippen LogP contribution in [0.2, 0.25) is 0 Å². The molecule has 2 rings (SSSR count). The number of hydrogen-bond donors (Lipinski definition) is 1. The van der Waals surface area contributed by atoms with E-state index in [2.05, 4.69) is 17.1 Å². The number of hydrazone groups is 1. The first-order valence-electron chi connectivity index (χ1n) is 8.49. The third-order valence-electron chi connectivity index (χ3n) is 3.63. The first kappa shape index (κ1) is 21.2. The smallest absolute Gasteiger partial charge is 0.260 e. The molecule has 1 amide bonds. The van der Waals surface area contributed by atoms with Crippen molar-refractivity contribution in [1.82, 2.24) is 5.43 Å². The molecule has 0 atom stereocenters. The van der Waals surface area contributed by atoms with Gasteiger partial charge in [-0.2, -0.15) is 5.10 Å². The van der Waals surface area contributed by atoms with E-state index in [1.807, 2.05) is 13.0 Å². The monoisotopic (exact) mass is 401 g/mol. The fourth-order valence-electron chi connectivity index (χ4n) is 2.33. The summed E-state index contributed by atoms with van der Waals surface area (Å²) >= 11 is 0. The number of carbonyl (C=O) groups excluding carboxylic acids is 1. The summed E-state index contributed by atoms with van der Waals surface area (Å²) in [6.07, 6.45) is 4.18. The second kappa shape index (κ2) is 9.70. The molecule has 0 radical (unpaired) electrons. The first-order chi connectivity index (χ1) is 13.3. The number of ether oxygens (including phenoxy) is 1. The highest BCUT2D eigenvalue weighted by Gasteiger charge is 2.20. The average Bonchev–Trinajstić information content (AvgIpc) is 2.64. The molecule has 2 aromatic carbocycles. The molecule has 7 nitrogen and oxygen atoms in total. The molecule has 28 heavy (non-hydrogen) atoms. The van der Waals surface area contributed by atoms with E-state index < -0.39 is 15.9 Å². The minimum Gasteiger partial charge on any atom is -0.490 e. The van der Waals surface area contributed by atoms with E-state index in [0.29, 0.717) is 18.0 Å². The van der Waals surface area contributed by atoms with E-state index in [-0.39, 0.29) is 6.54 Å². The molecule has 0 aromatic heterocycles. The summed E-state index contributed by atoms with van der Waals surface area (Å²) in [7, 11) is -3.62. The van der Waals surface area contributed by atoms with Crippen molar-refractivity contribution in [2.75, 3.05) is 23.7 Å². The molecule has 0 spiro atoms. The lowest BCUT2D eigenvalue weighted by Gasteiger charge is -2.21. The van der Waals surface area contributed by atoms with Crippen LogP contribution in [-0.2, 0) is 14.8 Å². The number of hydrogen-bond acceptors (Lipinski definition) is 5. The zero-order valence-electron chi connectivity index (χ0n) is 15.8. The number of carbonyl (C=O) groups is 1. The third kappa shape index (κ3) is 6.55. The first-order valence-corrected chi connectivity index (χ1v) is 10.3. The zero-order chi connectivity index (χ0) is 20.6. The molecule has 1 N–H and O–H groups in total. The van der Waals surface area contributed by atoms with Crippen molar-refractivity contribution in [3.63, 3.8) is 0 Å². The number of sulfonamides is 1. The maximum absolute atomic E-state index is 12.2. The predicted molar refractivity (Wildman–Crippen MR) is 111 cm³/mol. The third-order valence-corrected chi connectivity index (χ3v) is 4.77. The SMILES string of the molecule is C=CCOc1ccc(/C=N\NC(=O)CN(c2cccc(C)c2)S(C)(=O)=O)cc1. The van der Waals surface area contributed by atoms with E-state index in [0.717, 1.165) is 21.7 Å². The number of amides is 1. The Morgan fingerprint density at radius 1 is 1.25 bits per heavy atom. The Labute approximate surface area is 165 Å². The second-order valence-electron chi connectivity index (χ2n) is 6.07. The maximum Gasteiger partial charge on any atom is 0.260 e. The van der Waals surface area contributed by atoms with E-state index in [4.69, 9.17) is 4.74 Å². The lowest BCUT2D eigenvalue weighted by atomic mass is 10.2. The molecule has 0 saturated heterocycles. The van der Waals surface area contributed by atoms with Crippen LogP contribution in [0.4, 0.5) is 5.69 Å². The van der Waals surface area contributed by atoms with E-state index >= 15 is 0 Å². The minimum absolute atomic E-state index is 0.367. The lowest BCUT2D eigenvalue weighted by molar-refractivity contribution is -0.119. The fraction of sp³-hybridized carbons (Fsp3) is 0.200. The molecule has 148 valence electrons. The Kier molecular flexibility index (Phi) is 7.34. The summed E-state index contributed by atoms with van der Waals surface area (Å²) in [6.45, 7) is 5.48. The second-order valence-corrected chi connectivity index (χ2v) is 7.98. The standard InChI is InChI=1S/C20H23N3O4S/c1-4-12-27-19-10-8-17(9-11-19)14-21-22-20(24)15-23(28(3,25)26)18-7-5-6-16(2)13-18/h4-11,13-14H,1,12,15H2,2-3H3,(H,22,24)/b21-14-. The minimum atomic E-state index is -3.62. The molecular formula is C20H23N3O4S. The van der Waals surface area contributed by atoms with Crippen LogP contribution in [0.1, 0.15) is 11.1 Å². The van der Waals surface area contributed by atoms with Gasteiger partial charge in [-0.1, -0.05) is 24.8 Å². The van der Waals surface area contributed by atoms with Crippen molar-refractivity contribution in [1.29, 1.82) is 0 Å². The van der Waals surface area contributed by atoms with Crippen LogP contribution in [0, 0.1) is 6.92 Å². The summed E-state index contributed by atoms with van der Waals surface area (Å²) in [5.41, 5.74) is 4.42. The number of nitrogens with one attached hydrogen (secondary N) is 1. The normalized spacial score (nSPS) is 11.2. The van der Waals surface area contributed by atoms with Gasteiger partial charge in [0.05, 0.1) is 18.2 Å². The van der Waals surface area contributed by atoms with Crippen LogP contribution in [0.25, 0.3) is 0 Å². The predicted octanol–water partition coefficient (Wildman–Crippen LogP) is 2.48. The van der Waals surface area contributed by atoms with Gasteiger partial charge in [0, 0.05) is 0 Å². The maximum atomic E-state index is 12.2. The number of rotatable bonds is 9. The summed E-state index contributed by atoms with van der Waals surface area (Å²) < 4.78 is 30.6. The van der Waals surface area contributed by atoms with Gasteiger partial charge in [0.2, 0.25) is 10.0 Å². The van der Waals surface area contributed by atoms with Crippen LogP contribution in [-0.4, -0.2) is 39.9 Å². The largest absolute Gasteiger partial charge is 0.490 e. The van der Waals surface area contributed by atoms with E-state index in [9.17, 15) is 13.2 Å². The van der Waals surface area contributed by atoms with Crippen molar-refractivity contribution < 1.29 is 17.9 Å². The molecule has 0 aliphatic carbocycles. The zero-order valence-corrected chi connectivity index (χ0v) is 16.6. The number of nitrogens with zero attached hydrogens (tertiary/aromatic N) is 2. The van der Waals surface area contributed by atoms with Gasteiger partial charge in [-0.05, 0) is 54.4 Å². The highest BCUT2D eigenvalue weighted by Crippen LogP contribution is 2.18. The van der Waals surface area contributed by atoms with Gasteiger partial charge < -0.3 is 4.74 Å². The van der Waals surface area contributed by atoms with Gasteiger partial charge in [0.25, 0.3) is 5.91 Å². The summed E-state index contributed by atoms with van der Waals surface area (Å²) in [5, 5.41) is 3.88. The molecule has 0 saturated carbocycles. The molecule has 0 unspecified atom stereocenters. The van der Waals surface area contributed by atoms with Gasteiger partial charge in [-0.15, -0.1) is 0 Å². The molecule has 0 bridgehead atoms. The molecule has 0 aliphatic heterocycles. The lowest BCUT2D eigenvalue weighted by Crippen LogP contribution is -2.39. The number of aryl methyl sites for hydroxylation is 1. The summed E-state index contributed by atoms with van der Waals surface area (Å²) in [6, 6.07) is 14.0.